The summed E-state index contributed by atoms with van der Waals surface area (Å²) in [6, 6.07) is -0.229. The fourth-order valence-corrected chi connectivity index (χ4v) is 1.29. The van der Waals surface area contributed by atoms with E-state index in [0.717, 1.165) is 13.1 Å². The molecule has 0 radical (unpaired) electrons. The maximum atomic E-state index is 5.60. The van der Waals surface area contributed by atoms with Gasteiger partial charge in [-0.15, -0.1) is 0 Å². The highest BCUT2D eigenvalue weighted by Crippen LogP contribution is 2.16. The lowest BCUT2D eigenvalue weighted by atomic mass is 10.3. The van der Waals surface area contributed by atoms with Crippen molar-refractivity contribution >= 4 is 0 Å². The third-order valence-electron chi connectivity index (χ3n) is 2.06. The minimum Gasteiger partial charge on any atom is -0.367 e. The van der Waals surface area contributed by atoms with Crippen molar-refractivity contribution in [3.8, 4) is 0 Å². The molecule has 6 heteroatoms. The lowest BCUT2D eigenvalue weighted by molar-refractivity contribution is 0.0208. The summed E-state index contributed by atoms with van der Waals surface area (Å²) in [5.41, 5.74) is 5.60. The number of ether oxygens (including phenoxy) is 1. The van der Waals surface area contributed by atoms with Crippen molar-refractivity contribution in [3.05, 3.63) is 11.7 Å². The normalized spacial score (nSPS) is 24.9. The van der Waals surface area contributed by atoms with E-state index in [2.05, 4.69) is 15.5 Å². The number of hydrogen-bond acceptors (Lipinski definition) is 6. The van der Waals surface area contributed by atoms with Crippen molar-refractivity contribution < 1.29 is 9.26 Å². The van der Waals surface area contributed by atoms with Crippen LogP contribution in [0, 0.1) is 0 Å². The average Bonchev–Trinajstić information content (AvgIpc) is 2.68. The quantitative estimate of drug-likeness (QED) is 0.681. The monoisotopic (exact) mass is 198 g/mol. The molecule has 2 atom stereocenters. The summed E-state index contributed by atoms with van der Waals surface area (Å²) in [4.78, 5) is 4.17. The second-order valence-electron chi connectivity index (χ2n) is 3.34. The van der Waals surface area contributed by atoms with Crippen molar-refractivity contribution in [3.63, 3.8) is 0 Å². The second-order valence-corrected chi connectivity index (χ2v) is 3.34. The molecule has 0 aromatic carbocycles. The van der Waals surface area contributed by atoms with Gasteiger partial charge < -0.3 is 20.3 Å². The molecule has 6 nitrogen and oxygen atoms in total. The van der Waals surface area contributed by atoms with Gasteiger partial charge in [0.25, 0.3) is 0 Å². The van der Waals surface area contributed by atoms with Gasteiger partial charge in [0.1, 0.15) is 6.10 Å². The Morgan fingerprint density at radius 2 is 2.50 bits per heavy atom. The molecular weight excluding hydrogens is 184 g/mol. The molecule has 0 aliphatic carbocycles. The van der Waals surface area contributed by atoms with Crippen LogP contribution >= 0.6 is 0 Å². The molecule has 1 aromatic heterocycles. The van der Waals surface area contributed by atoms with Gasteiger partial charge in [-0.3, -0.25) is 0 Å². The lowest BCUT2D eigenvalue weighted by Crippen LogP contribution is -2.33. The predicted octanol–water partition coefficient (Wildman–Crippen LogP) is -0.250. The fourth-order valence-electron chi connectivity index (χ4n) is 1.29. The molecule has 3 N–H and O–H groups in total. The maximum Gasteiger partial charge on any atom is 0.243 e. The Bertz CT molecular complexity index is 293. The van der Waals surface area contributed by atoms with Crippen LogP contribution in [0.1, 0.15) is 30.8 Å². The molecule has 0 amide bonds. The molecular formula is C8H14N4O2. The van der Waals surface area contributed by atoms with Gasteiger partial charge in [0.15, 0.2) is 0 Å². The van der Waals surface area contributed by atoms with E-state index in [1.165, 1.54) is 0 Å². The molecule has 1 saturated heterocycles. The molecule has 2 rings (SSSR count). The molecule has 0 bridgehead atoms. The van der Waals surface area contributed by atoms with E-state index in [-0.39, 0.29) is 12.1 Å². The van der Waals surface area contributed by atoms with Crippen LogP contribution < -0.4 is 11.1 Å². The van der Waals surface area contributed by atoms with Crippen LogP contribution in [0.4, 0.5) is 0 Å². The number of rotatable bonds is 2. The van der Waals surface area contributed by atoms with Crippen LogP contribution in [0.15, 0.2) is 4.52 Å². The summed E-state index contributed by atoms with van der Waals surface area (Å²) in [7, 11) is 0. The van der Waals surface area contributed by atoms with Gasteiger partial charge in [-0.05, 0) is 6.92 Å². The third-order valence-corrected chi connectivity index (χ3v) is 2.06. The molecule has 78 valence electrons. The zero-order chi connectivity index (χ0) is 9.97. The van der Waals surface area contributed by atoms with E-state index in [1.807, 2.05) is 0 Å². The van der Waals surface area contributed by atoms with Gasteiger partial charge in [0.2, 0.25) is 11.7 Å². The minimum absolute atomic E-state index is 0.111. The fraction of sp³-hybridized carbons (Fsp3) is 0.750. The van der Waals surface area contributed by atoms with E-state index < -0.39 is 0 Å². The summed E-state index contributed by atoms with van der Waals surface area (Å²) >= 11 is 0. The maximum absolute atomic E-state index is 5.60. The van der Waals surface area contributed by atoms with E-state index in [4.69, 9.17) is 15.0 Å². The molecule has 0 saturated carbocycles. The first-order chi connectivity index (χ1) is 6.77. The van der Waals surface area contributed by atoms with Crippen molar-refractivity contribution in [2.45, 2.75) is 19.1 Å². The molecule has 14 heavy (non-hydrogen) atoms. The van der Waals surface area contributed by atoms with Crippen molar-refractivity contribution in [2.24, 2.45) is 5.73 Å². The van der Waals surface area contributed by atoms with Crippen molar-refractivity contribution in [1.29, 1.82) is 0 Å². The Labute approximate surface area is 81.8 Å². The third kappa shape index (κ3) is 1.92. The zero-order valence-electron chi connectivity index (χ0n) is 8.06. The lowest BCUT2D eigenvalue weighted by Gasteiger charge is -2.20. The molecule has 1 unspecified atom stereocenters. The molecule has 1 aliphatic heterocycles. The van der Waals surface area contributed by atoms with Crippen LogP contribution in [0.25, 0.3) is 0 Å². The SMILES string of the molecule is C[C@H](N)c1nc(C2CNCCO2)no1. The first-order valence-electron chi connectivity index (χ1n) is 4.69. The number of morpholine rings is 1. The van der Waals surface area contributed by atoms with Crippen molar-refractivity contribution in [2.75, 3.05) is 19.7 Å². The molecule has 1 fully saturated rings. The molecule has 2 heterocycles. The second kappa shape index (κ2) is 4.04. The van der Waals surface area contributed by atoms with Crippen LogP contribution in [0.3, 0.4) is 0 Å². The topological polar surface area (TPSA) is 86.2 Å². The Balaban J connectivity index is 2.07. The minimum atomic E-state index is -0.229. The van der Waals surface area contributed by atoms with Gasteiger partial charge in [0, 0.05) is 13.1 Å². The summed E-state index contributed by atoms with van der Waals surface area (Å²) < 4.78 is 10.5. The molecule has 0 spiro atoms. The van der Waals surface area contributed by atoms with Gasteiger partial charge in [-0.25, -0.2) is 0 Å². The van der Waals surface area contributed by atoms with Gasteiger partial charge >= 0.3 is 0 Å². The first-order valence-corrected chi connectivity index (χ1v) is 4.69. The van der Waals surface area contributed by atoms with Crippen LogP contribution in [0.2, 0.25) is 0 Å². The van der Waals surface area contributed by atoms with E-state index in [9.17, 15) is 0 Å². The van der Waals surface area contributed by atoms with Gasteiger partial charge in [-0.2, -0.15) is 4.98 Å². The smallest absolute Gasteiger partial charge is 0.243 e. The molecule has 1 aromatic rings. The summed E-state index contributed by atoms with van der Waals surface area (Å²) in [5.74, 6) is 1.03. The van der Waals surface area contributed by atoms with Crippen LogP contribution in [0.5, 0.6) is 0 Å². The first kappa shape index (κ1) is 9.57. The zero-order valence-corrected chi connectivity index (χ0v) is 8.06. The van der Waals surface area contributed by atoms with Gasteiger partial charge in [0.05, 0.1) is 12.6 Å². The Kier molecular flexibility index (Phi) is 2.76. The summed E-state index contributed by atoms with van der Waals surface area (Å²) in [6.45, 7) is 4.07. The van der Waals surface area contributed by atoms with Crippen LogP contribution in [-0.2, 0) is 4.74 Å². The summed E-state index contributed by atoms with van der Waals surface area (Å²) in [6.07, 6.45) is -0.111. The Hall–Kier alpha value is -0.980. The van der Waals surface area contributed by atoms with E-state index >= 15 is 0 Å². The predicted molar refractivity (Wildman–Crippen MR) is 48.5 cm³/mol. The van der Waals surface area contributed by atoms with Gasteiger partial charge in [-0.1, -0.05) is 5.16 Å². The number of hydrogen-bond donors (Lipinski definition) is 2. The highest BCUT2D eigenvalue weighted by atomic mass is 16.5. The average molecular weight is 198 g/mol. The highest BCUT2D eigenvalue weighted by Gasteiger charge is 2.22. The number of nitrogens with two attached hydrogens (primary N) is 1. The largest absolute Gasteiger partial charge is 0.367 e. The number of nitrogens with zero attached hydrogens (tertiary/aromatic N) is 2. The van der Waals surface area contributed by atoms with E-state index in [0.29, 0.717) is 18.3 Å². The Morgan fingerprint density at radius 1 is 1.64 bits per heavy atom. The van der Waals surface area contributed by atoms with Crippen molar-refractivity contribution in [1.82, 2.24) is 15.5 Å². The number of aromatic nitrogens is 2. The standard InChI is InChI=1S/C8H14N4O2/c1-5(9)8-11-7(12-14-8)6-4-10-2-3-13-6/h5-6,10H,2-4,9H2,1H3/t5-,6?/m0/s1. The highest BCUT2D eigenvalue weighted by molar-refractivity contribution is 4.95. The molecule has 1 aliphatic rings. The van der Waals surface area contributed by atoms with Crippen LogP contribution in [-0.4, -0.2) is 29.8 Å². The number of nitrogens with one attached hydrogen (secondary N) is 1. The van der Waals surface area contributed by atoms with E-state index in [1.54, 1.807) is 6.92 Å². The Morgan fingerprint density at radius 3 is 3.07 bits per heavy atom. The summed E-state index contributed by atoms with van der Waals surface area (Å²) in [5, 5.41) is 7.02.